The molecule has 0 unspecified atom stereocenters. The zero-order valence-corrected chi connectivity index (χ0v) is 23.5. The average Bonchev–Trinajstić information content (AvgIpc) is 3.54. The van der Waals surface area contributed by atoms with Gasteiger partial charge >= 0.3 is 6.09 Å². The molecule has 2 heterocycles. The second kappa shape index (κ2) is 9.76. The van der Waals surface area contributed by atoms with Crippen molar-refractivity contribution in [2.24, 2.45) is 5.92 Å². The third-order valence-electron chi connectivity index (χ3n) is 8.72. The molecule has 2 aliphatic carbocycles. The molecule has 8 nitrogen and oxygen atoms in total. The lowest BCUT2D eigenvalue weighted by atomic mass is 10.1. The number of aryl methyl sites for hydroxylation is 1. The van der Waals surface area contributed by atoms with Gasteiger partial charge in [0.25, 0.3) is 0 Å². The fourth-order valence-corrected chi connectivity index (χ4v) is 7.07. The second-order valence-corrected chi connectivity index (χ2v) is 16.9. The van der Waals surface area contributed by atoms with E-state index in [1.165, 1.54) is 11.1 Å². The monoisotopic (exact) mass is 521 g/mol. The van der Waals surface area contributed by atoms with Crippen molar-refractivity contribution in [2.75, 3.05) is 11.9 Å². The summed E-state index contributed by atoms with van der Waals surface area (Å²) in [5, 5.41) is 16.6. The number of carbonyl (C=O) groups is 1. The Bertz CT molecular complexity index is 1280. The number of anilines is 1. The van der Waals surface area contributed by atoms with Crippen LogP contribution in [0.3, 0.4) is 0 Å². The number of benzene rings is 1. The first kappa shape index (κ1) is 25.7. The number of aromatic nitrogens is 3. The van der Waals surface area contributed by atoms with Crippen LogP contribution in [0.25, 0.3) is 11.0 Å². The van der Waals surface area contributed by atoms with Gasteiger partial charge in [0.1, 0.15) is 17.8 Å². The molecule has 198 valence electrons. The highest BCUT2D eigenvalue weighted by atomic mass is 28.4. The van der Waals surface area contributed by atoms with Crippen LogP contribution in [0.5, 0.6) is 0 Å². The van der Waals surface area contributed by atoms with Crippen molar-refractivity contribution in [3.8, 4) is 0 Å². The van der Waals surface area contributed by atoms with E-state index in [4.69, 9.17) is 4.43 Å². The van der Waals surface area contributed by atoms with Crippen molar-refractivity contribution in [1.29, 1.82) is 0 Å². The lowest BCUT2D eigenvalue weighted by Crippen LogP contribution is -2.46. The van der Waals surface area contributed by atoms with E-state index in [1.54, 1.807) is 6.33 Å². The zero-order valence-electron chi connectivity index (χ0n) is 22.5. The summed E-state index contributed by atoms with van der Waals surface area (Å²) in [5.74, 6) is 0.976. The first-order chi connectivity index (χ1) is 17.5. The van der Waals surface area contributed by atoms with Crippen LogP contribution in [0.2, 0.25) is 18.1 Å². The lowest BCUT2D eigenvalue weighted by molar-refractivity contribution is 0.135. The molecular weight excluding hydrogens is 482 g/mol. The molecule has 0 saturated heterocycles. The van der Waals surface area contributed by atoms with Gasteiger partial charge in [-0.1, -0.05) is 45.0 Å². The Balaban J connectivity index is 1.39. The Hall–Kier alpha value is -2.91. The van der Waals surface area contributed by atoms with Crippen LogP contribution >= 0.6 is 0 Å². The molecule has 4 atom stereocenters. The molecule has 0 bridgehead atoms. The van der Waals surface area contributed by atoms with Gasteiger partial charge in [0.2, 0.25) is 0 Å². The average molecular weight is 522 g/mol. The second-order valence-electron chi connectivity index (χ2n) is 12.1. The molecule has 3 N–H and O–H groups in total. The van der Waals surface area contributed by atoms with Gasteiger partial charge in [-0.3, -0.25) is 0 Å². The van der Waals surface area contributed by atoms with Gasteiger partial charge in [-0.25, -0.2) is 14.8 Å². The van der Waals surface area contributed by atoms with Crippen LogP contribution in [-0.4, -0.2) is 46.7 Å². The fourth-order valence-electron chi connectivity index (χ4n) is 5.67. The summed E-state index contributed by atoms with van der Waals surface area (Å²) in [5.41, 5.74) is 3.66. The van der Waals surface area contributed by atoms with Crippen LogP contribution in [-0.2, 0) is 10.8 Å². The number of amides is 1. The number of carboxylic acid groups (broad SMARTS) is 1. The molecule has 1 aromatic carbocycles. The Morgan fingerprint density at radius 1 is 1.19 bits per heavy atom. The summed E-state index contributed by atoms with van der Waals surface area (Å²) in [6.45, 7) is 11.6. The van der Waals surface area contributed by atoms with Crippen molar-refractivity contribution < 1.29 is 14.3 Å². The molecular formula is C28H39N5O3Si. The topological polar surface area (TPSA) is 101 Å². The molecule has 0 spiro atoms. The summed E-state index contributed by atoms with van der Waals surface area (Å²) in [4.78, 5) is 20.6. The number of hydrogen-bond acceptors (Lipinski definition) is 5. The maximum Gasteiger partial charge on any atom is 0.404 e. The normalized spacial score (nSPS) is 23.8. The molecule has 2 aliphatic rings. The van der Waals surface area contributed by atoms with Gasteiger partial charge in [0.15, 0.2) is 8.32 Å². The van der Waals surface area contributed by atoms with Gasteiger partial charge in [-0.15, -0.1) is 0 Å². The summed E-state index contributed by atoms with van der Waals surface area (Å²) in [6.07, 6.45) is 6.57. The molecule has 9 heteroatoms. The Labute approximate surface area is 220 Å². The summed E-state index contributed by atoms with van der Waals surface area (Å²) >= 11 is 0. The van der Waals surface area contributed by atoms with E-state index in [2.05, 4.69) is 95.6 Å². The highest BCUT2D eigenvalue weighted by Gasteiger charge is 2.44. The van der Waals surface area contributed by atoms with Crippen LogP contribution < -0.4 is 10.6 Å². The maximum absolute atomic E-state index is 11.3. The standard InChI is InChI=1S/C28H39N5O3Si/c1-28(2,3)37(4,5)36-24-15-20(14-19(24)16-29-27(34)35)33-13-12-22-25(30-17-31-26(22)33)32-23-11-10-18-8-6-7-9-21(18)23/h6-9,12-13,17,19-20,23-24,29H,10-11,14-16H2,1-5H3,(H,34,35)(H,30,31,32)/t19-,20+,23-,24-/m0/s1. The zero-order chi connectivity index (χ0) is 26.4. The van der Waals surface area contributed by atoms with Crippen molar-refractivity contribution in [3.63, 3.8) is 0 Å². The number of fused-ring (bicyclic) bond motifs is 2. The third-order valence-corrected chi connectivity index (χ3v) is 13.2. The largest absolute Gasteiger partial charge is 0.465 e. The quantitative estimate of drug-likeness (QED) is 0.323. The first-order valence-electron chi connectivity index (χ1n) is 13.3. The van der Waals surface area contributed by atoms with Gasteiger partial charge in [-0.2, -0.15) is 0 Å². The fraction of sp³-hybridized carbons (Fsp3) is 0.536. The van der Waals surface area contributed by atoms with Gasteiger partial charge < -0.3 is 24.7 Å². The van der Waals surface area contributed by atoms with E-state index in [9.17, 15) is 9.90 Å². The van der Waals surface area contributed by atoms with E-state index in [-0.39, 0.29) is 29.1 Å². The van der Waals surface area contributed by atoms with E-state index < -0.39 is 14.4 Å². The third kappa shape index (κ3) is 5.11. The smallest absolute Gasteiger partial charge is 0.404 e. The predicted molar refractivity (Wildman–Crippen MR) is 149 cm³/mol. The van der Waals surface area contributed by atoms with Crippen LogP contribution in [0, 0.1) is 5.92 Å². The molecule has 3 aromatic rings. The van der Waals surface area contributed by atoms with E-state index >= 15 is 0 Å². The molecule has 1 fully saturated rings. The number of rotatable bonds is 7. The van der Waals surface area contributed by atoms with E-state index in [1.807, 2.05) is 0 Å². The molecule has 0 radical (unpaired) electrons. The van der Waals surface area contributed by atoms with Crippen molar-refractivity contribution in [1.82, 2.24) is 19.9 Å². The molecule has 1 saturated carbocycles. The van der Waals surface area contributed by atoms with Gasteiger partial charge in [0, 0.05) is 24.7 Å². The van der Waals surface area contributed by atoms with Crippen LogP contribution in [0.1, 0.15) is 63.2 Å². The minimum atomic E-state index is -2.02. The highest BCUT2D eigenvalue weighted by Crippen LogP contribution is 2.44. The molecule has 5 rings (SSSR count). The number of nitrogens with one attached hydrogen (secondary N) is 2. The van der Waals surface area contributed by atoms with E-state index in [0.29, 0.717) is 6.54 Å². The van der Waals surface area contributed by atoms with Gasteiger partial charge in [0.05, 0.1) is 17.5 Å². The minimum absolute atomic E-state index is 0.00427. The highest BCUT2D eigenvalue weighted by molar-refractivity contribution is 6.74. The predicted octanol–water partition coefficient (Wildman–Crippen LogP) is 6.14. The van der Waals surface area contributed by atoms with E-state index in [0.717, 1.165) is 42.5 Å². The van der Waals surface area contributed by atoms with Crippen molar-refractivity contribution in [2.45, 2.75) is 82.8 Å². The lowest BCUT2D eigenvalue weighted by Gasteiger charge is -2.39. The molecule has 1 amide bonds. The summed E-state index contributed by atoms with van der Waals surface area (Å²) in [7, 11) is -2.02. The molecule has 0 aliphatic heterocycles. The summed E-state index contributed by atoms with van der Waals surface area (Å²) < 4.78 is 9.09. The van der Waals surface area contributed by atoms with Crippen molar-refractivity contribution in [3.05, 3.63) is 54.0 Å². The summed E-state index contributed by atoms with van der Waals surface area (Å²) in [6, 6.07) is 11.2. The minimum Gasteiger partial charge on any atom is -0.465 e. The van der Waals surface area contributed by atoms with Crippen LogP contribution in [0.4, 0.5) is 10.6 Å². The number of hydrogen-bond donors (Lipinski definition) is 3. The van der Waals surface area contributed by atoms with Crippen LogP contribution in [0.15, 0.2) is 42.9 Å². The SMILES string of the molecule is CC(C)(C)[Si](C)(C)O[C@H]1C[C@H](n2ccc3c(N[C@H]4CCc5ccccc54)ncnc32)C[C@H]1CNC(=O)O. The Morgan fingerprint density at radius 3 is 2.73 bits per heavy atom. The molecule has 2 aromatic heterocycles. The Morgan fingerprint density at radius 2 is 1.97 bits per heavy atom. The first-order valence-corrected chi connectivity index (χ1v) is 16.2. The maximum atomic E-state index is 11.3. The number of nitrogens with zero attached hydrogens (tertiary/aromatic N) is 3. The Kier molecular flexibility index (Phi) is 6.78. The van der Waals surface area contributed by atoms with Gasteiger partial charge in [-0.05, 0) is 61.0 Å². The molecule has 37 heavy (non-hydrogen) atoms. The van der Waals surface area contributed by atoms with Crippen molar-refractivity contribution >= 4 is 31.3 Å².